The van der Waals surface area contributed by atoms with Crippen LogP contribution in [0.4, 0.5) is 10.6 Å². The van der Waals surface area contributed by atoms with E-state index in [4.69, 9.17) is 5.11 Å². The Morgan fingerprint density at radius 2 is 2.00 bits per heavy atom. The molecule has 0 spiro atoms. The van der Waals surface area contributed by atoms with Gasteiger partial charge in [0.1, 0.15) is 18.0 Å². The van der Waals surface area contributed by atoms with Crippen LogP contribution in [0.2, 0.25) is 0 Å². The van der Waals surface area contributed by atoms with Crippen molar-refractivity contribution in [2.75, 3.05) is 5.32 Å². The van der Waals surface area contributed by atoms with Crippen molar-refractivity contribution in [2.45, 2.75) is 25.8 Å². The van der Waals surface area contributed by atoms with E-state index in [1.54, 1.807) is 39.8 Å². The van der Waals surface area contributed by atoms with Gasteiger partial charge in [0.15, 0.2) is 0 Å². The fraction of sp³-hybridized carbons (Fsp3) is 0.160. The molecule has 0 fully saturated rings. The first-order valence-corrected chi connectivity index (χ1v) is 11.6. The lowest BCUT2D eigenvalue weighted by molar-refractivity contribution is 0.209. The zero-order chi connectivity index (χ0) is 25.5. The quantitative estimate of drug-likeness (QED) is 0.335. The standard InChI is InChI=1S/C25H21N9O3/c1-14-2-5-20(33-13-28-31-32-33)18(8-14)16-9-17-4-6-21(34(17)23(35)10-16)24-27-12-19(29-24)15-3-7-22(26-11-15)30-25(36)37/h2-3,5,7-13,21H,4,6H2,1H3,(H,26,30)(H,27,29)(H,36,37)/t21-/m0/s1. The normalized spacial score (nSPS) is 14.5. The van der Waals surface area contributed by atoms with Crippen LogP contribution in [-0.4, -0.2) is 50.9 Å². The number of aryl methyl sites for hydroxylation is 2. The number of hydrogen-bond acceptors (Lipinski definition) is 7. The number of rotatable bonds is 5. The van der Waals surface area contributed by atoms with Crippen LogP contribution in [0.1, 0.15) is 29.5 Å². The van der Waals surface area contributed by atoms with Crippen molar-refractivity contribution < 1.29 is 9.90 Å². The minimum absolute atomic E-state index is 0.108. The van der Waals surface area contributed by atoms with E-state index in [2.05, 4.69) is 35.8 Å². The van der Waals surface area contributed by atoms with Gasteiger partial charge in [-0.25, -0.2) is 14.8 Å². The molecule has 1 aromatic carbocycles. The van der Waals surface area contributed by atoms with Gasteiger partial charge in [0, 0.05) is 29.1 Å². The minimum atomic E-state index is -1.17. The van der Waals surface area contributed by atoms with E-state index in [0.717, 1.165) is 52.2 Å². The van der Waals surface area contributed by atoms with Gasteiger partial charge in [-0.1, -0.05) is 11.6 Å². The van der Waals surface area contributed by atoms with Crippen LogP contribution in [0, 0.1) is 6.92 Å². The summed E-state index contributed by atoms with van der Waals surface area (Å²) >= 11 is 0. The molecule has 6 rings (SSSR count). The van der Waals surface area contributed by atoms with E-state index < -0.39 is 6.09 Å². The number of nitrogens with zero attached hydrogens (tertiary/aromatic N) is 7. The first-order chi connectivity index (χ1) is 18.0. The molecule has 5 heterocycles. The van der Waals surface area contributed by atoms with Gasteiger partial charge >= 0.3 is 6.09 Å². The molecule has 12 heteroatoms. The maximum Gasteiger partial charge on any atom is 0.410 e. The number of carbonyl (C=O) groups is 1. The highest BCUT2D eigenvalue weighted by Gasteiger charge is 2.28. The highest BCUT2D eigenvalue weighted by Crippen LogP contribution is 2.33. The highest BCUT2D eigenvalue weighted by atomic mass is 16.4. The first kappa shape index (κ1) is 22.3. The number of amides is 1. The Hall–Kier alpha value is -5.13. The lowest BCUT2D eigenvalue weighted by atomic mass is 10.0. The largest absolute Gasteiger partial charge is 0.465 e. The Labute approximate surface area is 209 Å². The van der Waals surface area contributed by atoms with Gasteiger partial charge in [0.25, 0.3) is 5.56 Å². The molecular weight excluding hydrogens is 474 g/mol. The number of hydrogen-bond donors (Lipinski definition) is 3. The van der Waals surface area contributed by atoms with Crippen molar-refractivity contribution in [3.8, 4) is 28.1 Å². The second-order valence-electron chi connectivity index (χ2n) is 8.82. The summed E-state index contributed by atoms with van der Waals surface area (Å²) in [5.74, 6) is 0.918. The number of aromatic amines is 1. The summed E-state index contributed by atoms with van der Waals surface area (Å²) < 4.78 is 3.38. The van der Waals surface area contributed by atoms with Crippen molar-refractivity contribution >= 4 is 11.9 Å². The van der Waals surface area contributed by atoms with Crippen LogP contribution in [0.15, 0.2) is 66.0 Å². The minimum Gasteiger partial charge on any atom is -0.465 e. The maximum atomic E-state index is 13.4. The van der Waals surface area contributed by atoms with Crippen LogP contribution >= 0.6 is 0 Å². The maximum absolute atomic E-state index is 13.4. The lowest BCUT2D eigenvalue weighted by Crippen LogP contribution is -2.23. The predicted molar refractivity (Wildman–Crippen MR) is 134 cm³/mol. The van der Waals surface area contributed by atoms with Crippen molar-refractivity contribution in [3.63, 3.8) is 0 Å². The first-order valence-electron chi connectivity index (χ1n) is 11.6. The van der Waals surface area contributed by atoms with Crippen molar-refractivity contribution in [3.05, 3.63) is 88.6 Å². The average molecular weight is 496 g/mol. The third kappa shape index (κ3) is 4.14. The third-order valence-corrected chi connectivity index (χ3v) is 6.41. The molecule has 0 saturated carbocycles. The number of nitrogens with one attached hydrogen (secondary N) is 2. The molecule has 3 N–H and O–H groups in total. The number of imidazole rings is 1. The number of H-pyrrole nitrogens is 1. The van der Waals surface area contributed by atoms with Gasteiger partial charge < -0.3 is 14.7 Å². The summed E-state index contributed by atoms with van der Waals surface area (Å²) in [6, 6.07) is 12.8. The van der Waals surface area contributed by atoms with Crippen molar-refractivity contribution in [1.29, 1.82) is 0 Å². The van der Waals surface area contributed by atoms with Crippen LogP contribution < -0.4 is 10.9 Å². The summed E-state index contributed by atoms with van der Waals surface area (Å²) in [7, 11) is 0. The number of pyridine rings is 2. The number of fused-ring (bicyclic) bond motifs is 1. The molecule has 5 aromatic rings. The topological polar surface area (TPSA) is 156 Å². The molecule has 1 atom stereocenters. The van der Waals surface area contributed by atoms with Gasteiger partial charge in [0.2, 0.25) is 0 Å². The second kappa shape index (κ2) is 8.82. The molecule has 184 valence electrons. The molecule has 1 aliphatic rings. The number of tetrazole rings is 1. The molecule has 0 unspecified atom stereocenters. The summed E-state index contributed by atoms with van der Waals surface area (Å²) in [4.78, 5) is 36.1. The molecule has 0 saturated heterocycles. The Bertz CT molecular complexity index is 1670. The van der Waals surface area contributed by atoms with E-state index in [-0.39, 0.29) is 17.4 Å². The monoisotopic (exact) mass is 495 g/mol. The van der Waals surface area contributed by atoms with E-state index in [0.29, 0.717) is 5.82 Å². The highest BCUT2D eigenvalue weighted by molar-refractivity contribution is 5.81. The SMILES string of the molecule is Cc1ccc(-n2cnnn2)c(-c2cc3n(c(=O)c2)[C@H](c2ncc(-c4ccc(NC(=O)O)nc4)[nH]2)CC3)c1. The summed E-state index contributed by atoms with van der Waals surface area (Å²) in [5.41, 5.74) is 5.86. The summed E-state index contributed by atoms with van der Waals surface area (Å²) in [6.07, 6.45) is 5.08. The molecule has 1 amide bonds. The number of benzene rings is 1. The van der Waals surface area contributed by atoms with Gasteiger partial charge in [0.05, 0.1) is 23.6 Å². The number of aromatic nitrogens is 8. The van der Waals surface area contributed by atoms with Crippen molar-refractivity contribution in [1.82, 2.24) is 39.7 Å². The van der Waals surface area contributed by atoms with Gasteiger partial charge in [-0.3, -0.25) is 10.1 Å². The number of anilines is 1. The molecule has 37 heavy (non-hydrogen) atoms. The average Bonchev–Trinajstić information content (AvgIpc) is 3.65. The van der Waals surface area contributed by atoms with Crippen LogP contribution in [0.5, 0.6) is 0 Å². The lowest BCUT2D eigenvalue weighted by Gasteiger charge is -2.15. The Balaban J connectivity index is 1.32. The van der Waals surface area contributed by atoms with Crippen LogP contribution in [-0.2, 0) is 6.42 Å². The molecule has 0 aliphatic carbocycles. The van der Waals surface area contributed by atoms with E-state index in [1.807, 2.05) is 31.2 Å². The van der Waals surface area contributed by atoms with Gasteiger partial charge in [-0.05, 0) is 66.1 Å². The fourth-order valence-corrected chi connectivity index (χ4v) is 4.75. The molecular formula is C25H21N9O3. The third-order valence-electron chi connectivity index (χ3n) is 6.41. The fourth-order valence-electron chi connectivity index (χ4n) is 4.75. The van der Waals surface area contributed by atoms with Gasteiger partial charge in [-0.2, -0.15) is 4.68 Å². The summed E-state index contributed by atoms with van der Waals surface area (Å²) in [6.45, 7) is 2.00. The van der Waals surface area contributed by atoms with Crippen LogP contribution in [0.25, 0.3) is 28.1 Å². The zero-order valence-electron chi connectivity index (χ0n) is 19.7. The molecule has 0 radical (unpaired) electrons. The zero-order valence-corrected chi connectivity index (χ0v) is 19.7. The molecule has 4 aromatic heterocycles. The smallest absolute Gasteiger partial charge is 0.410 e. The van der Waals surface area contributed by atoms with E-state index in [9.17, 15) is 9.59 Å². The molecule has 1 aliphatic heterocycles. The van der Waals surface area contributed by atoms with Crippen LogP contribution in [0.3, 0.4) is 0 Å². The molecule has 12 nitrogen and oxygen atoms in total. The number of carboxylic acid groups (broad SMARTS) is 1. The Morgan fingerprint density at radius 3 is 2.76 bits per heavy atom. The summed E-state index contributed by atoms with van der Waals surface area (Å²) in [5, 5.41) is 22.5. The Morgan fingerprint density at radius 1 is 1.11 bits per heavy atom. The second-order valence-corrected chi connectivity index (χ2v) is 8.82. The Kier molecular flexibility index (Phi) is 5.33. The molecule has 0 bridgehead atoms. The van der Waals surface area contributed by atoms with E-state index >= 15 is 0 Å². The van der Waals surface area contributed by atoms with Gasteiger partial charge in [-0.15, -0.1) is 5.10 Å². The predicted octanol–water partition coefficient (Wildman–Crippen LogP) is 3.21. The van der Waals surface area contributed by atoms with Crippen molar-refractivity contribution in [2.24, 2.45) is 0 Å². The van der Waals surface area contributed by atoms with E-state index in [1.165, 1.54) is 6.33 Å².